The van der Waals surface area contributed by atoms with E-state index in [9.17, 15) is 0 Å². The standard InChI is InChI=1S/C15H26N2O/c1-12(10-17-15(2,3)4)16-11-13-7-6-8-14(9-13)18-5/h6-9,12,16-17H,10-11H2,1-5H3. The van der Waals surface area contributed by atoms with Gasteiger partial charge in [0.05, 0.1) is 7.11 Å². The molecule has 0 bridgehead atoms. The van der Waals surface area contributed by atoms with E-state index in [4.69, 9.17) is 4.74 Å². The molecule has 0 fully saturated rings. The zero-order valence-electron chi connectivity index (χ0n) is 12.2. The summed E-state index contributed by atoms with van der Waals surface area (Å²) >= 11 is 0. The van der Waals surface area contributed by atoms with Crippen LogP contribution in [0.3, 0.4) is 0 Å². The highest BCUT2D eigenvalue weighted by molar-refractivity contribution is 5.28. The molecule has 1 rings (SSSR count). The molecule has 0 spiro atoms. The van der Waals surface area contributed by atoms with Crippen molar-refractivity contribution in [3.05, 3.63) is 29.8 Å². The zero-order valence-corrected chi connectivity index (χ0v) is 12.2. The summed E-state index contributed by atoms with van der Waals surface area (Å²) in [5.74, 6) is 0.912. The van der Waals surface area contributed by atoms with Gasteiger partial charge in [0.25, 0.3) is 0 Å². The molecule has 102 valence electrons. The molecule has 0 saturated carbocycles. The lowest BCUT2D eigenvalue weighted by molar-refractivity contribution is 0.387. The fraction of sp³-hybridized carbons (Fsp3) is 0.600. The molecule has 0 saturated heterocycles. The quantitative estimate of drug-likeness (QED) is 0.814. The monoisotopic (exact) mass is 250 g/mol. The Balaban J connectivity index is 2.35. The minimum atomic E-state index is 0.173. The molecule has 1 aromatic carbocycles. The Morgan fingerprint density at radius 2 is 2.00 bits per heavy atom. The van der Waals surface area contributed by atoms with Gasteiger partial charge in [-0.25, -0.2) is 0 Å². The number of rotatable bonds is 6. The summed E-state index contributed by atoms with van der Waals surface area (Å²) in [5.41, 5.74) is 1.42. The maximum Gasteiger partial charge on any atom is 0.119 e. The highest BCUT2D eigenvalue weighted by Crippen LogP contribution is 2.12. The van der Waals surface area contributed by atoms with Gasteiger partial charge >= 0.3 is 0 Å². The molecule has 3 nitrogen and oxygen atoms in total. The Hall–Kier alpha value is -1.06. The third-order valence-electron chi connectivity index (χ3n) is 2.73. The second kappa shape index (κ2) is 6.76. The predicted octanol–water partition coefficient (Wildman–Crippen LogP) is 2.56. The second-order valence-corrected chi connectivity index (χ2v) is 5.76. The SMILES string of the molecule is COc1cccc(CNC(C)CNC(C)(C)C)c1. The van der Waals surface area contributed by atoms with Crippen LogP contribution < -0.4 is 15.4 Å². The van der Waals surface area contributed by atoms with Crippen molar-refractivity contribution in [3.8, 4) is 5.75 Å². The van der Waals surface area contributed by atoms with Gasteiger partial charge in [-0.05, 0) is 45.4 Å². The van der Waals surface area contributed by atoms with E-state index in [1.54, 1.807) is 7.11 Å². The minimum Gasteiger partial charge on any atom is -0.497 e. The van der Waals surface area contributed by atoms with E-state index in [1.165, 1.54) is 5.56 Å². The van der Waals surface area contributed by atoms with Gasteiger partial charge in [0.15, 0.2) is 0 Å². The van der Waals surface area contributed by atoms with Crippen molar-refractivity contribution in [2.75, 3.05) is 13.7 Å². The number of hydrogen-bond acceptors (Lipinski definition) is 3. The van der Waals surface area contributed by atoms with Gasteiger partial charge in [0.2, 0.25) is 0 Å². The summed E-state index contributed by atoms with van der Waals surface area (Å²) in [6, 6.07) is 8.61. The number of methoxy groups -OCH3 is 1. The van der Waals surface area contributed by atoms with Crippen LogP contribution in [-0.4, -0.2) is 25.2 Å². The molecule has 2 N–H and O–H groups in total. The van der Waals surface area contributed by atoms with E-state index in [2.05, 4.69) is 50.5 Å². The average Bonchev–Trinajstić information content (AvgIpc) is 2.33. The average molecular weight is 250 g/mol. The number of ether oxygens (including phenoxy) is 1. The fourth-order valence-electron chi connectivity index (χ4n) is 1.61. The predicted molar refractivity (Wildman–Crippen MR) is 77.1 cm³/mol. The van der Waals surface area contributed by atoms with Crippen molar-refractivity contribution in [1.82, 2.24) is 10.6 Å². The van der Waals surface area contributed by atoms with Gasteiger partial charge in [-0.3, -0.25) is 0 Å². The van der Waals surface area contributed by atoms with Crippen molar-refractivity contribution in [2.45, 2.75) is 45.8 Å². The molecule has 1 atom stereocenters. The van der Waals surface area contributed by atoms with Gasteiger partial charge in [-0.2, -0.15) is 0 Å². The minimum absolute atomic E-state index is 0.173. The third kappa shape index (κ3) is 6.03. The van der Waals surface area contributed by atoms with Crippen LogP contribution in [-0.2, 0) is 6.54 Å². The summed E-state index contributed by atoms with van der Waals surface area (Å²) in [6.07, 6.45) is 0. The Bertz CT molecular complexity index is 358. The third-order valence-corrected chi connectivity index (χ3v) is 2.73. The van der Waals surface area contributed by atoms with Crippen LogP contribution in [0.2, 0.25) is 0 Å². The highest BCUT2D eigenvalue weighted by Gasteiger charge is 2.10. The molecular weight excluding hydrogens is 224 g/mol. The second-order valence-electron chi connectivity index (χ2n) is 5.76. The van der Waals surface area contributed by atoms with Crippen molar-refractivity contribution in [3.63, 3.8) is 0 Å². The molecule has 0 aliphatic rings. The van der Waals surface area contributed by atoms with E-state index in [-0.39, 0.29) is 5.54 Å². The first kappa shape index (κ1) is 15.0. The first-order valence-electron chi connectivity index (χ1n) is 6.52. The van der Waals surface area contributed by atoms with E-state index < -0.39 is 0 Å². The molecule has 0 aromatic heterocycles. The largest absolute Gasteiger partial charge is 0.497 e. The normalized spacial score (nSPS) is 13.4. The van der Waals surface area contributed by atoms with E-state index in [0.717, 1.165) is 18.8 Å². The molecule has 0 aliphatic carbocycles. The lowest BCUT2D eigenvalue weighted by Crippen LogP contribution is -2.44. The number of hydrogen-bond donors (Lipinski definition) is 2. The molecule has 3 heteroatoms. The van der Waals surface area contributed by atoms with E-state index in [0.29, 0.717) is 6.04 Å². The van der Waals surface area contributed by atoms with Gasteiger partial charge in [-0.15, -0.1) is 0 Å². The zero-order chi connectivity index (χ0) is 13.6. The topological polar surface area (TPSA) is 33.3 Å². The van der Waals surface area contributed by atoms with Crippen LogP contribution in [0.4, 0.5) is 0 Å². The van der Waals surface area contributed by atoms with Crippen LogP contribution in [0.15, 0.2) is 24.3 Å². The Kier molecular flexibility index (Phi) is 5.63. The molecule has 1 unspecified atom stereocenters. The van der Waals surface area contributed by atoms with Gasteiger partial charge in [-0.1, -0.05) is 12.1 Å². The fourth-order valence-corrected chi connectivity index (χ4v) is 1.61. The summed E-state index contributed by atoms with van der Waals surface area (Å²) in [6.45, 7) is 10.6. The number of benzene rings is 1. The Morgan fingerprint density at radius 1 is 1.28 bits per heavy atom. The molecule has 1 aromatic rings. The van der Waals surface area contributed by atoms with Crippen molar-refractivity contribution in [1.29, 1.82) is 0 Å². The van der Waals surface area contributed by atoms with Crippen LogP contribution in [0.25, 0.3) is 0 Å². The molecule has 0 amide bonds. The van der Waals surface area contributed by atoms with Crippen LogP contribution in [0.1, 0.15) is 33.3 Å². The lowest BCUT2D eigenvalue weighted by Gasteiger charge is -2.24. The molecule has 0 aliphatic heterocycles. The van der Waals surface area contributed by atoms with Crippen molar-refractivity contribution >= 4 is 0 Å². The lowest BCUT2D eigenvalue weighted by atomic mass is 10.1. The van der Waals surface area contributed by atoms with Gasteiger partial charge in [0.1, 0.15) is 5.75 Å². The van der Waals surface area contributed by atoms with E-state index in [1.807, 2.05) is 12.1 Å². The maximum atomic E-state index is 5.21. The first-order chi connectivity index (χ1) is 8.40. The maximum absolute atomic E-state index is 5.21. The molecule has 0 radical (unpaired) electrons. The van der Waals surface area contributed by atoms with Gasteiger partial charge in [0, 0.05) is 24.7 Å². The summed E-state index contributed by atoms with van der Waals surface area (Å²) in [7, 11) is 1.70. The smallest absolute Gasteiger partial charge is 0.119 e. The summed E-state index contributed by atoms with van der Waals surface area (Å²) in [5, 5.41) is 7.00. The van der Waals surface area contributed by atoms with Gasteiger partial charge < -0.3 is 15.4 Å². The van der Waals surface area contributed by atoms with Crippen molar-refractivity contribution < 1.29 is 4.74 Å². The summed E-state index contributed by atoms with van der Waals surface area (Å²) in [4.78, 5) is 0. The Morgan fingerprint density at radius 3 is 2.61 bits per heavy atom. The van der Waals surface area contributed by atoms with Crippen molar-refractivity contribution in [2.24, 2.45) is 0 Å². The van der Waals surface area contributed by atoms with E-state index >= 15 is 0 Å². The molecular formula is C15H26N2O. The molecule has 0 heterocycles. The Labute approximate surface area is 111 Å². The van der Waals surface area contributed by atoms with Crippen LogP contribution in [0, 0.1) is 0 Å². The number of nitrogens with one attached hydrogen (secondary N) is 2. The van der Waals surface area contributed by atoms with Crippen LogP contribution in [0.5, 0.6) is 5.75 Å². The first-order valence-corrected chi connectivity index (χ1v) is 6.52. The molecule has 18 heavy (non-hydrogen) atoms. The van der Waals surface area contributed by atoms with Crippen LogP contribution >= 0.6 is 0 Å². The summed E-state index contributed by atoms with van der Waals surface area (Å²) < 4.78 is 5.21. The highest BCUT2D eigenvalue weighted by atomic mass is 16.5.